The fourth-order valence-corrected chi connectivity index (χ4v) is 1.38. The third kappa shape index (κ3) is 2.74. The second-order valence-corrected chi connectivity index (χ2v) is 3.47. The minimum absolute atomic E-state index is 0.585. The molecular weight excluding hydrogens is 196 g/mol. The first kappa shape index (κ1) is 10.5. The monoisotopic (exact) mass is 209 g/mol. The van der Waals surface area contributed by atoms with Gasteiger partial charge in [-0.15, -0.1) is 0 Å². The standard InChI is InChI=1S/C15H13O/c1-2-13-8-10-15(11-9-13)16-12-14-6-4-3-5-7-14/h2,4-11H,1,12H2. The van der Waals surface area contributed by atoms with Crippen molar-refractivity contribution in [2.24, 2.45) is 0 Å². The van der Waals surface area contributed by atoms with E-state index in [0.29, 0.717) is 6.61 Å². The lowest BCUT2D eigenvalue weighted by atomic mass is 10.2. The Kier molecular flexibility index (Phi) is 3.39. The zero-order chi connectivity index (χ0) is 11.2. The minimum atomic E-state index is 0.585. The highest BCUT2D eigenvalue weighted by Gasteiger charge is 1.94. The molecule has 0 aliphatic heterocycles. The lowest BCUT2D eigenvalue weighted by molar-refractivity contribution is 0.306. The molecule has 0 aromatic heterocycles. The Labute approximate surface area is 96.0 Å². The maximum absolute atomic E-state index is 5.64. The Morgan fingerprint density at radius 1 is 1.06 bits per heavy atom. The van der Waals surface area contributed by atoms with Crippen molar-refractivity contribution in [1.82, 2.24) is 0 Å². The second-order valence-electron chi connectivity index (χ2n) is 3.47. The first-order valence-corrected chi connectivity index (χ1v) is 5.19. The number of hydrogen-bond donors (Lipinski definition) is 0. The van der Waals surface area contributed by atoms with Crippen LogP contribution in [0.15, 0.2) is 55.1 Å². The van der Waals surface area contributed by atoms with Gasteiger partial charge in [-0.2, -0.15) is 0 Å². The van der Waals surface area contributed by atoms with Crippen LogP contribution in [-0.2, 0) is 6.61 Å². The Morgan fingerprint density at radius 3 is 2.38 bits per heavy atom. The summed E-state index contributed by atoms with van der Waals surface area (Å²) in [4.78, 5) is 0. The van der Waals surface area contributed by atoms with Gasteiger partial charge in [-0.3, -0.25) is 0 Å². The van der Waals surface area contributed by atoms with Crippen LogP contribution in [0.5, 0.6) is 5.75 Å². The Hall–Kier alpha value is -2.02. The van der Waals surface area contributed by atoms with Gasteiger partial charge in [0, 0.05) is 0 Å². The largest absolute Gasteiger partial charge is 0.489 e. The Balaban J connectivity index is 1.97. The average molecular weight is 209 g/mol. The molecule has 2 aromatic carbocycles. The van der Waals surface area contributed by atoms with Crippen molar-refractivity contribution < 1.29 is 4.74 Å². The normalized spacial score (nSPS) is 9.75. The van der Waals surface area contributed by atoms with Gasteiger partial charge in [0.25, 0.3) is 0 Å². The maximum Gasteiger partial charge on any atom is 0.119 e. The van der Waals surface area contributed by atoms with E-state index >= 15 is 0 Å². The van der Waals surface area contributed by atoms with E-state index in [2.05, 4.69) is 12.6 Å². The van der Waals surface area contributed by atoms with Gasteiger partial charge in [0.05, 0.1) is 0 Å². The quantitative estimate of drug-likeness (QED) is 0.745. The average Bonchev–Trinajstić information content (AvgIpc) is 2.38. The lowest BCUT2D eigenvalue weighted by Crippen LogP contribution is -1.94. The summed E-state index contributed by atoms with van der Waals surface area (Å²) >= 11 is 0. The van der Waals surface area contributed by atoms with Crippen molar-refractivity contribution >= 4 is 6.08 Å². The molecule has 0 atom stereocenters. The summed E-state index contributed by atoms with van der Waals surface area (Å²) in [5, 5.41) is 0. The van der Waals surface area contributed by atoms with Crippen LogP contribution in [0.25, 0.3) is 6.08 Å². The summed E-state index contributed by atoms with van der Waals surface area (Å²) in [5.41, 5.74) is 2.24. The van der Waals surface area contributed by atoms with Crippen molar-refractivity contribution in [3.05, 3.63) is 72.3 Å². The van der Waals surface area contributed by atoms with Gasteiger partial charge in [-0.1, -0.05) is 49.1 Å². The Bertz CT molecular complexity index is 443. The van der Waals surface area contributed by atoms with E-state index in [0.717, 1.165) is 16.9 Å². The van der Waals surface area contributed by atoms with Gasteiger partial charge in [-0.25, -0.2) is 0 Å². The lowest BCUT2D eigenvalue weighted by Gasteiger charge is -2.06. The van der Waals surface area contributed by atoms with Crippen LogP contribution in [0.4, 0.5) is 0 Å². The van der Waals surface area contributed by atoms with E-state index in [9.17, 15) is 0 Å². The van der Waals surface area contributed by atoms with E-state index in [1.807, 2.05) is 54.6 Å². The topological polar surface area (TPSA) is 9.23 Å². The van der Waals surface area contributed by atoms with Crippen LogP contribution in [0.2, 0.25) is 0 Å². The predicted octanol–water partition coefficient (Wildman–Crippen LogP) is 3.71. The number of hydrogen-bond acceptors (Lipinski definition) is 1. The van der Waals surface area contributed by atoms with Crippen LogP contribution in [0, 0.1) is 6.07 Å². The van der Waals surface area contributed by atoms with Crippen molar-refractivity contribution in [1.29, 1.82) is 0 Å². The third-order valence-corrected chi connectivity index (χ3v) is 2.31. The summed E-state index contributed by atoms with van der Waals surface area (Å²) in [7, 11) is 0. The molecule has 0 bridgehead atoms. The zero-order valence-corrected chi connectivity index (χ0v) is 9.02. The molecule has 16 heavy (non-hydrogen) atoms. The molecule has 0 spiro atoms. The number of rotatable bonds is 4. The molecule has 0 saturated heterocycles. The van der Waals surface area contributed by atoms with Crippen LogP contribution < -0.4 is 4.74 Å². The molecule has 1 heteroatoms. The summed E-state index contributed by atoms with van der Waals surface area (Å²) in [6.45, 7) is 4.30. The molecule has 2 aromatic rings. The molecule has 0 saturated carbocycles. The summed E-state index contributed by atoms with van der Waals surface area (Å²) in [6, 6.07) is 18.6. The molecule has 0 N–H and O–H groups in total. The summed E-state index contributed by atoms with van der Waals surface area (Å²) in [6.07, 6.45) is 1.82. The minimum Gasteiger partial charge on any atom is -0.489 e. The molecule has 0 aliphatic rings. The molecule has 2 rings (SSSR count). The molecule has 1 nitrogen and oxygen atoms in total. The fraction of sp³-hybridized carbons (Fsp3) is 0.0667. The van der Waals surface area contributed by atoms with Gasteiger partial charge >= 0.3 is 0 Å². The maximum atomic E-state index is 5.64. The van der Waals surface area contributed by atoms with Crippen LogP contribution >= 0.6 is 0 Å². The van der Waals surface area contributed by atoms with E-state index in [-0.39, 0.29) is 0 Å². The highest BCUT2D eigenvalue weighted by atomic mass is 16.5. The van der Waals surface area contributed by atoms with E-state index in [1.54, 1.807) is 0 Å². The smallest absolute Gasteiger partial charge is 0.119 e. The summed E-state index contributed by atoms with van der Waals surface area (Å²) in [5.74, 6) is 0.874. The fourth-order valence-electron chi connectivity index (χ4n) is 1.38. The SMILES string of the molecule is C=Cc1ccc(OCc2cc[c]cc2)cc1. The third-order valence-electron chi connectivity index (χ3n) is 2.31. The predicted molar refractivity (Wildman–Crippen MR) is 66.1 cm³/mol. The Morgan fingerprint density at radius 2 is 1.75 bits per heavy atom. The first-order valence-electron chi connectivity index (χ1n) is 5.19. The van der Waals surface area contributed by atoms with Gasteiger partial charge in [0.2, 0.25) is 0 Å². The molecule has 79 valence electrons. The van der Waals surface area contributed by atoms with Crippen molar-refractivity contribution in [2.45, 2.75) is 6.61 Å². The van der Waals surface area contributed by atoms with Crippen LogP contribution in [0.3, 0.4) is 0 Å². The van der Waals surface area contributed by atoms with E-state index < -0.39 is 0 Å². The van der Waals surface area contributed by atoms with Gasteiger partial charge < -0.3 is 4.74 Å². The molecule has 1 radical (unpaired) electrons. The first-order chi connectivity index (χ1) is 7.88. The molecule has 0 heterocycles. The highest BCUT2D eigenvalue weighted by Crippen LogP contribution is 2.14. The van der Waals surface area contributed by atoms with Crippen molar-refractivity contribution in [3.63, 3.8) is 0 Å². The second kappa shape index (κ2) is 5.17. The van der Waals surface area contributed by atoms with Crippen LogP contribution in [-0.4, -0.2) is 0 Å². The number of benzene rings is 2. The summed E-state index contributed by atoms with van der Waals surface area (Å²) < 4.78 is 5.64. The van der Waals surface area contributed by atoms with E-state index in [1.165, 1.54) is 0 Å². The molecule has 0 amide bonds. The molecular formula is C15H13O. The number of ether oxygens (including phenoxy) is 1. The van der Waals surface area contributed by atoms with Gasteiger partial charge in [0.15, 0.2) is 0 Å². The molecule has 0 aliphatic carbocycles. The van der Waals surface area contributed by atoms with Gasteiger partial charge in [-0.05, 0) is 29.3 Å². The van der Waals surface area contributed by atoms with Crippen molar-refractivity contribution in [2.75, 3.05) is 0 Å². The van der Waals surface area contributed by atoms with Crippen molar-refractivity contribution in [3.8, 4) is 5.75 Å². The zero-order valence-electron chi connectivity index (χ0n) is 9.02. The highest BCUT2D eigenvalue weighted by molar-refractivity contribution is 5.48. The van der Waals surface area contributed by atoms with Crippen LogP contribution in [0.1, 0.15) is 11.1 Å². The van der Waals surface area contributed by atoms with Gasteiger partial charge in [0.1, 0.15) is 12.4 Å². The molecule has 0 unspecified atom stereocenters. The molecule has 0 fully saturated rings. The van der Waals surface area contributed by atoms with E-state index in [4.69, 9.17) is 4.74 Å².